The zero-order valence-corrected chi connectivity index (χ0v) is 11.8. The summed E-state index contributed by atoms with van der Waals surface area (Å²) in [6.07, 6.45) is 0. The van der Waals surface area contributed by atoms with Crippen molar-refractivity contribution in [3.05, 3.63) is 57.6 Å². The molecule has 0 bridgehead atoms. The van der Waals surface area contributed by atoms with Crippen LogP contribution in [0.1, 0.15) is 11.1 Å². The van der Waals surface area contributed by atoms with Gasteiger partial charge in [-0.15, -0.1) is 0 Å². The van der Waals surface area contributed by atoms with Crippen molar-refractivity contribution in [2.24, 2.45) is 0 Å². The van der Waals surface area contributed by atoms with E-state index in [4.69, 9.17) is 0 Å². The largest absolute Gasteiger partial charge is 0.505 e. The first-order chi connectivity index (χ1) is 8.99. The highest BCUT2D eigenvalue weighted by Gasteiger charge is 2.08. The van der Waals surface area contributed by atoms with Crippen molar-refractivity contribution in [3.63, 3.8) is 0 Å². The van der Waals surface area contributed by atoms with Crippen LogP contribution in [0.15, 0.2) is 34.8 Å². The van der Waals surface area contributed by atoms with Gasteiger partial charge in [-0.25, -0.2) is 8.78 Å². The van der Waals surface area contributed by atoms with Crippen LogP contribution in [0.2, 0.25) is 0 Å². The number of aryl methyl sites for hydroxylation is 1. The summed E-state index contributed by atoms with van der Waals surface area (Å²) in [6.45, 7) is 2.05. The minimum Gasteiger partial charge on any atom is -0.505 e. The minimum atomic E-state index is -0.669. The molecule has 0 saturated heterocycles. The van der Waals surface area contributed by atoms with Gasteiger partial charge in [-0.05, 0) is 46.6 Å². The lowest BCUT2D eigenvalue weighted by Gasteiger charge is -2.11. The molecule has 2 N–H and O–H groups in total. The molecular weight excluding hydrogens is 316 g/mol. The van der Waals surface area contributed by atoms with Gasteiger partial charge in [0.15, 0.2) is 11.6 Å². The first kappa shape index (κ1) is 13.8. The van der Waals surface area contributed by atoms with E-state index in [9.17, 15) is 13.9 Å². The summed E-state index contributed by atoms with van der Waals surface area (Å²) in [4.78, 5) is 0. The molecule has 0 fully saturated rings. The van der Waals surface area contributed by atoms with E-state index in [0.717, 1.165) is 5.56 Å². The summed E-state index contributed by atoms with van der Waals surface area (Å²) in [5.74, 6) is -1.43. The third-order valence-corrected chi connectivity index (χ3v) is 3.41. The van der Waals surface area contributed by atoms with Crippen LogP contribution in [0.5, 0.6) is 5.75 Å². The van der Waals surface area contributed by atoms with Gasteiger partial charge in [0.05, 0.1) is 4.47 Å². The lowest BCUT2D eigenvalue weighted by Crippen LogP contribution is -2.02. The lowest BCUT2D eigenvalue weighted by atomic mass is 10.1. The second-order valence-corrected chi connectivity index (χ2v) is 5.04. The van der Waals surface area contributed by atoms with Crippen LogP contribution in [0, 0.1) is 18.6 Å². The molecule has 2 aromatic rings. The zero-order chi connectivity index (χ0) is 14.0. The quantitative estimate of drug-likeness (QED) is 0.878. The highest BCUT2D eigenvalue weighted by Crippen LogP contribution is 2.26. The molecule has 0 amide bonds. The highest BCUT2D eigenvalue weighted by molar-refractivity contribution is 9.10. The normalized spacial score (nSPS) is 10.5. The van der Waals surface area contributed by atoms with Crippen LogP contribution in [-0.4, -0.2) is 5.11 Å². The average Bonchev–Trinajstić information content (AvgIpc) is 2.37. The van der Waals surface area contributed by atoms with E-state index in [1.165, 1.54) is 18.2 Å². The fourth-order valence-electron chi connectivity index (χ4n) is 1.73. The molecule has 19 heavy (non-hydrogen) atoms. The SMILES string of the molecule is Cc1cc(Br)c(F)cc1NCc1cccc(F)c1O. The summed E-state index contributed by atoms with van der Waals surface area (Å²) in [6, 6.07) is 7.32. The maximum absolute atomic E-state index is 13.4. The standard InChI is InChI=1S/C14H12BrF2NO/c1-8-5-10(15)12(17)6-13(8)18-7-9-3-2-4-11(16)14(9)19/h2-6,18-19H,7H2,1H3. The molecule has 0 radical (unpaired) electrons. The summed E-state index contributed by atoms with van der Waals surface area (Å²) < 4.78 is 27.0. The topological polar surface area (TPSA) is 32.3 Å². The summed E-state index contributed by atoms with van der Waals surface area (Å²) >= 11 is 3.10. The fourth-order valence-corrected chi connectivity index (χ4v) is 2.19. The second-order valence-electron chi connectivity index (χ2n) is 4.18. The summed E-state index contributed by atoms with van der Waals surface area (Å²) in [5, 5.41) is 12.5. The van der Waals surface area contributed by atoms with Crippen molar-refractivity contribution in [1.29, 1.82) is 0 Å². The zero-order valence-electron chi connectivity index (χ0n) is 10.2. The Bertz CT molecular complexity index is 617. The molecule has 0 aromatic heterocycles. The van der Waals surface area contributed by atoms with Crippen molar-refractivity contribution in [2.75, 3.05) is 5.32 Å². The first-order valence-electron chi connectivity index (χ1n) is 5.65. The number of benzene rings is 2. The number of hydrogen-bond acceptors (Lipinski definition) is 2. The van der Waals surface area contributed by atoms with E-state index in [0.29, 0.717) is 15.7 Å². The first-order valence-corrected chi connectivity index (χ1v) is 6.44. The maximum Gasteiger partial charge on any atom is 0.165 e. The molecule has 100 valence electrons. The molecule has 2 aromatic carbocycles. The number of anilines is 1. The van der Waals surface area contributed by atoms with E-state index in [1.807, 2.05) is 6.92 Å². The summed E-state index contributed by atoms with van der Waals surface area (Å²) in [5.41, 5.74) is 1.87. The molecule has 0 atom stereocenters. The summed E-state index contributed by atoms with van der Waals surface area (Å²) in [7, 11) is 0. The van der Waals surface area contributed by atoms with Crippen LogP contribution < -0.4 is 5.32 Å². The molecule has 0 spiro atoms. The molecule has 0 unspecified atom stereocenters. The van der Waals surface area contributed by atoms with Crippen LogP contribution in [0.3, 0.4) is 0 Å². The Morgan fingerprint density at radius 3 is 2.68 bits per heavy atom. The van der Waals surface area contributed by atoms with Gasteiger partial charge in [0.1, 0.15) is 5.82 Å². The van der Waals surface area contributed by atoms with E-state index in [2.05, 4.69) is 21.2 Å². The van der Waals surface area contributed by atoms with Gasteiger partial charge in [-0.1, -0.05) is 12.1 Å². The van der Waals surface area contributed by atoms with E-state index < -0.39 is 5.82 Å². The van der Waals surface area contributed by atoms with Gasteiger partial charge in [0.25, 0.3) is 0 Å². The van der Waals surface area contributed by atoms with E-state index in [-0.39, 0.29) is 18.1 Å². The van der Waals surface area contributed by atoms with E-state index in [1.54, 1.807) is 12.1 Å². The van der Waals surface area contributed by atoms with Crippen LogP contribution in [0.25, 0.3) is 0 Å². The van der Waals surface area contributed by atoms with Crippen molar-refractivity contribution >= 4 is 21.6 Å². The number of halogens is 3. The van der Waals surface area contributed by atoms with Crippen LogP contribution >= 0.6 is 15.9 Å². The van der Waals surface area contributed by atoms with Crippen LogP contribution in [0.4, 0.5) is 14.5 Å². The van der Waals surface area contributed by atoms with E-state index >= 15 is 0 Å². The third kappa shape index (κ3) is 3.04. The second kappa shape index (κ2) is 5.57. The number of nitrogens with one attached hydrogen (secondary N) is 1. The number of hydrogen-bond donors (Lipinski definition) is 2. The molecule has 5 heteroatoms. The van der Waals surface area contributed by atoms with Crippen molar-refractivity contribution < 1.29 is 13.9 Å². The fraction of sp³-hybridized carbons (Fsp3) is 0.143. The Hall–Kier alpha value is -1.62. The number of para-hydroxylation sites is 1. The number of rotatable bonds is 3. The van der Waals surface area contributed by atoms with Crippen molar-refractivity contribution in [3.8, 4) is 5.75 Å². The average molecular weight is 328 g/mol. The molecule has 0 aliphatic heterocycles. The number of phenolic OH excluding ortho intramolecular Hbond substituents is 1. The number of aromatic hydroxyl groups is 1. The van der Waals surface area contributed by atoms with Gasteiger partial charge in [0, 0.05) is 17.8 Å². The van der Waals surface area contributed by atoms with Crippen molar-refractivity contribution in [1.82, 2.24) is 0 Å². The maximum atomic E-state index is 13.4. The molecule has 0 heterocycles. The van der Waals surface area contributed by atoms with Gasteiger partial charge in [-0.3, -0.25) is 0 Å². The predicted molar refractivity (Wildman–Crippen MR) is 74.2 cm³/mol. The Labute approximate surface area is 118 Å². The highest BCUT2D eigenvalue weighted by atomic mass is 79.9. The molecule has 2 rings (SSSR count). The minimum absolute atomic E-state index is 0.214. The monoisotopic (exact) mass is 327 g/mol. The van der Waals surface area contributed by atoms with Gasteiger partial charge >= 0.3 is 0 Å². The van der Waals surface area contributed by atoms with Crippen LogP contribution in [-0.2, 0) is 6.54 Å². The Kier molecular flexibility index (Phi) is 4.04. The molecule has 0 saturated carbocycles. The lowest BCUT2D eigenvalue weighted by molar-refractivity contribution is 0.427. The Morgan fingerprint density at radius 1 is 1.21 bits per heavy atom. The Balaban J connectivity index is 2.19. The molecule has 2 nitrogen and oxygen atoms in total. The van der Waals surface area contributed by atoms with Gasteiger partial charge < -0.3 is 10.4 Å². The van der Waals surface area contributed by atoms with Crippen molar-refractivity contribution in [2.45, 2.75) is 13.5 Å². The molecule has 0 aliphatic rings. The predicted octanol–water partition coefficient (Wildman–Crippen LogP) is 4.35. The molecular formula is C14H12BrF2NO. The smallest absolute Gasteiger partial charge is 0.165 e. The number of phenols is 1. The van der Waals surface area contributed by atoms with Gasteiger partial charge in [-0.2, -0.15) is 0 Å². The third-order valence-electron chi connectivity index (χ3n) is 2.81. The Morgan fingerprint density at radius 2 is 1.95 bits per heavy atom. The van der Waals surface area contributed by atoms with Gasteiger partial charge in [0.2, 0.25) is 0 Å². The molecule has 0 aliphatic carbocycles.